The fourth-order valence-corrected chi connectivity index (χ4v) is 3.43. The summed E-state index contributed by atoms with van der Waals surface area (Å²) < 4.78 is 0. The second-order valence-electron chi connectivity index (χ2n) is 6.39. The summed E-state index contributed by atoms with van der Waals surface area (Å²) in [6, 6.07) is 0.0282. The van der Waals surface area contributed by atoms with Crippen LogP contribution in [-0.4, -0.2) is 58.6 Å². The molecule has 1 atom stereocenters. The summed E-state index contributed by atoms with van der Waals surface area (Å²) in [7, 11) is 1.94. The van der Waals surface area contributed by atoms with E-state index in [1.165, 1.54) is 12.8 Å². The molecule has 1 saturated carbocycles. The van der Waals surface area contributed by atoms with Crippen LogP contribution in [-0.2, 0) is 4.79 Å². The van der Waals surface area contributed by atoms with Gasteiger partial charge in [-0.15, -0.1) is 0 Å². The van der Waals surface area contributed by atoms with E-state index in [2.05, 4.69) is 18.7 Å². The van der Waals surface area contributed by atoms with E-state index < -0.39 is 0 Å². The van der Waals surface area contributed by atoms with Crippen molar-refractivity contribution in [3.8, 4) is 0 Å². The number of hydrogen-bond acceptors (Lipinski definition) is 3. The maximum Gasteiger partial charge on any atom is 0.242 e. The maximum atomic E-state index is 12.7. The Morgan fingerprint density at radius 2 is 1.94 bits per heavy atom. The quantitative estimate of drug-likeness (QED) is 0.806. The number of hydrogen-bond donors (Lipinski definition) is 1. The summed E-state index contributed by atoms with van der Waals surface area (Å²) in [5.41, 5.74) is -0.0930. The first-order valence-corrected chi connectivity index (χ1v) is 7.11. The highest BCUT2D eigenvalue weighted by Crippen LogP contribution is 2.33. The zero-order valence-corrected chi connectivity index (χ0v) is 11.9. The maximum absolute atomic E-state index is 12.7. The highest BCUT2D eigenvalue weighted by Gasteiger charge is 2.43. The minimum atomic E-state index is -0.354. The lowest BCUT2D eigenvalue weighted by Crippen LogP contribution is -2.56. The van der Waals surface area contributed by atoms with Gasteiger partial charge < -0.3 is 10.0 Å². The first kappa shape index (κ1) is 13.8. The molecule has 2 aliphatic rings. The van der Waals surface area contributed by atoms with Gasteiger partial charge in [0, 0.05) is 18.1 Å². The minimum Gasteiger partial charge on any atom is -0.394 e. The lowest BCUT2D eigenvalue weighted by Gasteiger charge is -2.42. The molecule has 1 aliphatic heterocycles. The first-order chi connectivity index (χ1) is 8.47. The Hall–Kier alpha value is -0.610. The standard InChI is InChI=1S/C14H26N2O2/c1-14(2)8-9-15(3)12(10-17)13(18)16(14)11-6-4-5-7-11/h11-12,17H,4-10H2,1-3H3. The predicted octanol–water partition coefficient (Wildman–Crippen LogP) is 1.23. The summed E-state index contributed by atoms with van der Waals surface area (Å²) in [4.78, 5) is 16.8. The number of nitrogens with zero attached hydrogens (tertiary/aromatic N) is 2. The topological polar surface area (TPSA) is 43.8 Å². The third-order valence-corrected chi connectivity index (χ3v) is 4.65. The van der Waals surface area contributed by atoms with E-state index in [1.807, 2.05) is 11.9 Å². The second kappa shape index (κ2) is 5.17. The molecule has 1 heterocycles. The van der Waals surface area contributed by atoms with E-state index in [1.54, 1.807) is 0 Å². The average molecular weight is 254 g/mol. The van der Waals surface area contributed by atoms with Crippen LogP contribution in [0.1, 0.15) is 46.0 Å². The SMILES string of the molecule is CN1CCC(C)(C)N(C2CCCC2)C(=O)C1CO. The molecule has 0 aromatic rings. The molecule has 0 aromatic heterocycles. The Balaban J connectivity index is 2.28. The Kier molecular flexibility index (Phi) is 3.97. The summed E-state index contributed by atoms with van der Waals surface area (Å²) in [6.45, 7) is 5.12. The van der Waals surface area contributed by atoms with Crippen molar-refractivity contribution < 1.29 is 9.90 Å². The predicted molar refractivity (Wildman–Crippen MR) is 71.3 cm³/mol. The number of aliphatic hydroxyl groups is 1. The molecule has 0 aromatic carbocycles. The van der Waals surface area contributed by atoms with E-state index in [4.69, 9.17) is 0 Å². The van der Waals surface area contributed by atoms with E-state index in [0.29, 0.717) is 6.04 Å². The molecule has 1 saturated heterocycles. The molecule has 1 amide bonds. The van der Waals surface area contributed by atoms with Gasteiger partial charge in [-0.3, -0.25) is 9.69 Å². The van der Waals surface area contributed by atoms with Crippen LogP contribution >= 0.6 is 0 Å². The van der Waals surface area contributed by atoms with Crippen LogP contribution in [0.5, 0.6) is 0 Å². The molecular weight excluding hydrogens is 228 g/mol. The van der Waals surface area contributed by atoms with Crippen molar-refractivity contribution in [3.63, 3.8) is 0 Å². The lowest BCUT2D eigenvalue weighted by atomic mass is 9.95. The fraction of sp³-hybridized carbons (Fsp3) is 0.929. The second-order valence-corrected chi connectivity index (χ2v) is 6.39. The van der Waals surface area contributed by atoms with Crippen molar-refractivity contribution >= 4 is 5.91 Å². The Labute approximate surface area is 110 Å². The van der Waals surface area contributed by atoms with E-state index in [9.17, 15) is 9.90 Å². The highest BCUT2D eigenvalue weighted by atomic mass is 16.3. The molecular formula is C14H26N2O2. The van der Waals surface area contributed by atoms with Crippen molar-refractivity contribution in [1.29, 1.82) is 0 Å². The Morgan fingerprint density at radius 3 is 2.50 bits per heavy atom. The molecule has 1 aliphatic carbocycles. The summed E-state index contributed by atoms with van der Waals surface area (Å²) >= 11 is 0. The highest BCUT2D eigenvalue weighted by molar-refractivity contribution is 5.83. The van der Waals surface area contributed by atoms with Crippen molar-refractivity contribution in [3.05, 3.63) is 0 Å². The van der Waals surface area contributed by atoms with Gasteiger partial charge >= 0.3 is 0 Å². The minimum absolute atomic E-state index is 0.0748. The van der Waals surface area contributed by atoms with E-state index in [-0.39, 0.29) is 24.1 Å². The van der Waals surface area contributed by atoms with Gasteiger partial charge in [0.15, 0.2) is 0 Å². The molecule has 2 rings (SSSR count). The molecule has 2 fully saturated rings. The lowest BCUT2D eigenvalue weighted by molar-refractivity contribution is -0.143. The number of aliphatic hydroxyl groups excluding tert-OH is 1. The number of amides is 1. The first-order valence-electron chi connectivity index (χ1n) is 7.11. The van der Waals surface area contributed by atoms with Gasteiger partial charge in [-0.25, -0.2) is 0 Å². The number of carbonyl (C=O) groups excluding carboxylic acids is 1. The summed E-state index contributed by atoms with van der Waals surface area (Å²) in [5, 5.41) is 9.50. The number of rotatable bonds is 2. The monoisotopic (exact) mass is 254 g/mol. The van der Waals surface area contributed by atoms with Crippen LogP contribution in [0.4, 0.5) is 0 Å². The molecule has 4 heteroatoms. The van der Waals surface area contributed by atoms with Crippen LogP contribution < -0.4 is 0 Å². The third kappa shape index (κ3) is 2.41. The molecule has 0 bridgehead atoms. The van der Waals surface area contributed by atoms with Crippen molar-refractivity contribution in [2.75, 3.05) is 20.2 Å². The molecule has 4 nitrogen and oxygen atoms in total. The van der Waals surface area contributed by atoms with Crippen LogP contribution in [0.2, 0.25) is 0 Å². The third-order valence-electron chi connectivity index (χ3n) is 4.65. The molecule has 0 spiro atoms. The van der Waals surface area contributed by atoms with Gasteiger partial charge in [-0.05, 0) is 40.2 Å². The van der Waals surface area contributed by atoms with Crippen LogP contribution in [0.25, 0.3) is 0 Å². The zero-order chi connectivity index (χ0) is 13.3. The smallest absolute Gasteiger partial charge is 0.242 e. The van der Waals surface area contributed by atoms with Gasteiger partial charge in [0.1, 0.15) is 6.04 Å². The van der Waals surface area contributed by atoms with Crippen molar-refractivity contribution in [2.45, 2.75) is 63.6 Å². The van der Waals surface area contributed by atoms with Gasteiger partial charge in [0.2, 0.25) is 5.91 Å². The largest absolute Gasteiger partial charge is 0.394 e. The molecule has 18 heavy (non-hydrogen) atoms. The van der Waals surface area contributed by atoms with Gasteiger partial charge in [-0.1, -0.05) is 12.8 Å². The van der Waals surface area contributed by atoms with Crippen LogP contribution in [0.3, 0.4) is 0 Å². The van der Waals surface area contributed by atoms with Crippen LogP contribution in [0.15, 0.2) is 0 Å². The van der Waals surface area contributed by atoms with Crippen LogP contribution in [0, 0.1) is 0 Å². The van der Waals surface area contributed by atoms with Gasteiger partial charge in [0.25, 0.3) is 0 Å². The van der Waals surface area contributed by atoms with Gasteiger partial charge in [0.05, 0.1) is 6.61 Å². The van der Waals surface area contributed by atoms with Gasteiger partial charge in [-0.2, -0.15) is 0 Å². The fourth-order valence-electron chi connectivity index (χ4n) is 3.43. The van der Waals surface area contributed by atoms with E-state index >= 15 is 0 Å². The summed E-state index contributed by atoms with van der Waals surface area (Å²) in [6.07, 6.45) is 5.67. The zero-order valence-electron chi connectivity index (χ0n) is 11.9. The molecule has 104 valence electrons. The Bertz CT molecular complexity index is 311. The average Bonchev–Trinajstić information content (AvgIpc) is 2.78. The normalized spacial score (nSPS) is 30.8. The number of carbonyl (C=O) groups is 1. The molecule has 1 unspecified atom stereocenters. The van der Waals surface area contributed by atoms with E-state index in [0.717, 1.165) is 25.8 Å². The molecule has 0 radical (unpaired) electrons. The van der Waals surface area contributed by atoms with Crippen molar-refractivity contribution in [2.24, 2.45) is 0 Å². The Morgan fingerprint density at radius 1 is 1.33 bits per heavy atom. The van der Waals surface area contributed by atoms with Crippen molar-refractivity contribution in [1.82, 2.24) is 9.80 Å². The molecule has 1 N–H and O–H groups in total. The summed E-state index contributed by atoms with van der Waals surface area (Å²) in [5.74, 6) is 0.120. The number of likely N-dealkylation sites (N-methyl/N-ethyl adjacent to an activating group) is 1.